The Morgan fingerprint density at radius 1 is 1.10 bits per heavy atom. The highest BCUT2D eigenvalue weighted by Crippen LogP contribution is 2.53. The first-order valence-electron chi connectivity index (χ1n) is 9.67. The van der Waals surface area contributed by atoms with Crippen LogP contribution in [0.3, 0.4) is 0 Å². The van der Waals surface area contributed by atoms with Crippen LogP contribution in [0.5, 0.6) is 0 Å². The van der Waals surface area contributed by atoms with Gasteiger partial charge in [0.2, 0.25) is 5.91 Å². The first-order valence-corrected chi connectivity index (χ1v) is 11.9. The fourth-order valence-electron chi connectivity index (χ4n) is 4.90. The lowest BCUT2D eigenvalue weighted by Gasteiger charge is -2.32. The number of anilines is 1. The number of hydrogen-bond donors (Lipinski definition) is 0. The molecule has 0 N–H and O–H groups in total. The van der Waals surface area contributed by atoms with Crippen LogP contribution in [0, 0.1) is 0 Å². The minimum atomic E-state index is -3.81. The summed E-state index contributed by atoms with van der Waals surface area (Å²) < 4.78 is 28.4. The van der Waals surface area contributed by atoms with Gasteiger partial charge < -0.3 is 4.90 Å². The van der Waals surface area contributed by atoms with Crippen LogP contribution in [0.4, 0.5) is 5.69 Å². The molecule has 0 unspecified atom stereocenters. The van der Waals surface area contributed by atoms with Gasteiger partial charge in [0.05, 0.1) is 22.2 Å². The maximum atomic E-state index is 13.3. The topological polar surface area (TPSA) is 72.3 Å². The Morgan fingerprint density at radius 2 is 1.79 bits per heavy atom. The molecule has 3 aromatic rings. The molecule has 29 heavy (non-hydrogen) atoms. The average Bonchev–Trinajstić information content (AvgIpc) is 3.19. The highest BCUT2D eigenvalue weighted by Gasteiger charge is 2.51. The molecule has 0 bridgehead atoms. The molecule has 3 heterocycles. The molecule has 6 nitrogen and oxygen atoms in total. The van der Waals surface area contributed by atoms with Gasteiger partial charge in [-0.05, 0) is 40.9 Å². The third-order valence-corrected chi connectivity index (χ3v) is 8.54. The van der Waals surface area contributed by atoms with Crippen molar-refractivity contribution in [3.63, 3.8) is 0 Å². The van der Waals surface area contributed by atoms with Crippen molar-refractivity contribution in [1.82, 2.24) is 8.96 Å². The highest BCUT2D eigenvalue weighted by atomic mass is 79.9. The number of carbonyl (C=O) groups is 1. The smallest absolute Gasteiger partial charge is 0.269 e. The first kappa shape index (κ1) is 18.8. The molecule has 1 fully saturated rings. The van der Waals surface area contributed by atoms with Crippen molar-refractivity contribution in [3.8, 4) is 0 Å². The number of likely N-dealkylation sites (N-methyl/N-ethyl adjacent to an activating group) is 1. The predicted octanol–water partition coefficient (Wildman–Crippen LogP) is 4.21. The minimum Gasteiger partial charge on any atom is -0.313 e. The van der Waals surface area contributed by atoms with Crippen LogP contribution in [0.25, 0.3) is 11.0 Å². The molecule has 5 rings (SSSR count). The summed E-state index contributed by atoms with van der Waals surface area (Å²) in [6.07, 6.45) is 7.86. The molecular formula is C21H20BrN3O3S. The summed E-state index contributed by atoms with van der Waals surface area (Å²) in [5.41, 5.74) is 1.46. The fourth-order valence-corrected chi connectivity index (χ4v) is 6.95. The SMILES string of the molecule is CN1C(=O)C2(CCCCC2)c2c1cnc1c2c(Br)cn1S(=O)(=O)c1ccccc1. The van der Waals surface area contributed by atoms with Crippen molar-refractivity contribution in [1.29, 1.82) is 0 Å². The molecule has 8 heteroatoms. The summed E-state index contributed by atoms with van der Waals surface area (Å²) in [4.78, 5) is 19.6. The van der Waals surface area contributed by atoms with Gasteiger partial charge in [-0.1, -0.05) is 37.5 Å². The molecule has 150 valence electrons. The number of nitrogens with zero attached hydrogens (tertiary/aromatic N) is 3. The Morgan fingerprint density at radius 3 is 2.48 bits per heavy atom. The van der Waals surface area contributed by atoms with Gasteiger partial charge in [0.15, 0.2) is 5.65 Å². The number of fused-ring (bicyclic) bond motifs is 4. The summed E-state index contributed by atoms with van der Waals surface area (Å²) in [6, 6.07) is 8.32. The summed E-state index contributed by atoms with van der Waals surface area (Å²) in [5, 5.41) is 0.724. The lowest BCUT2D eigenvalue weighted by atomic mass is 9.69. The Labute approximate surface area is 177 Å². The van der Waals surface area contributed by atoms with Gasteiger partial charge in [0, 0.05) is 28.7 Å². The molecule has 1 saturated carbocycles. The van der Waals surface area contributed by atoms with Crippen molar-refractivity contribution < 1.29 is 13.2 Å². The molecule has 0 saturated heterocycles. The summed E-state index contributed by atoms with van der Waals surface area (Å²) in [5.74, 6) is 0.0899. The molecule has 0 atom stereocenters. The lowest BCUT2D eigenvalue weighted by Crippen LogP contribution is -2.40. The highest BCUT2D eigenvalue weighted by molar-refractivity contribution is 9.10. The van der Waals surface area contributed by atoms with E-state index < -0.39 is 15.4 Å². The molecule has 1 amide bonds. The fraction of sp³-hybridized carbons (Fsp3) is 0.333. The van der Waals surface area contributed by atoms with Crippen LogP contribution in [0.1, 0.15) is 37.7 Å². The van der Waals surface area contributed by atoms with Crippen LogP contribution < -0.4 is 4.90 Å². The summed E-state index contributed by atoms with van der Waals surface area (Å²) in [7, 11) is -2.02. The minimum absolute atomic E-state index is 0.0899. The zero-order valence-electron chi connectivity index (χ0n) is 15.9. The van der Waals surface area contributed by atoms with E-state index in [0.29, 0.717) is 10.1 Å². The lowest BCUT2D eigenvalue weighted by molar-refractivity contribution is -0.124. The van der Waals surface area contributed by atoms with E-state index in [2.05, 4.69) is 20.9 Å². The Balaban J connectivity index is 1.81. The van der Waals surface area contributed by atoms with Crippen molar-refractivity contribution in [3.05, 3.63) is 52.8 Å². The van der Waals surface area contributed by atoms with Gasteiger partial charge >= 0.3 is 0 Å². The second-order valence-corrected chi connectivity index (χ2v) is 10.5. The average molecular weight is 474 g/mol. The van der Waals surface area contributed by atoms with Crippen molar-refractivity contribution in [2.75, 3.05) is 11.9 Å². The number of aromatic nitrogens is 2. The second kappa shape index (κ2) is 6.40. The van der Waals surface area contributed by atoms with Gasteiger partial charge in [0.25, 0.3) is 10.0 Å². The maximum absolute atomic E-state index is 13.3. The zero-order valence-corrected chi connectivity index (χ0v) is 18.3. The number of amides is 1. The van der Waals surface area contributed by atoms with E-state index in [4.69, 9.17) is 0 Å². The molecule has 1 aliphatic carbocycles. The van der Waals surface area contributed by atoms with Gasteiger partial charge in [0.1, 0.15) is 0 Å². The monoisotopic (exact) mass is 473 g/mol. The van der Waals surface area contributed by atoms with Gasteiger partial charge in [-0.25, -0.2) is 17.4 Å². The zero-order chi connectivity index (χ0) is 20.4. The summed E-state index contributed by atoms with van der Waals surface area (Å²) in [6.45, 7) is 0. The third-order valence-electron chi connectivity index (χ3n) is 6.28. The van der Waals surface area contributed by atoms with E-state index in [1.165, 1.54) is 3.97 Å². The van der Waals surface area contributed by atoms with Crippen LogP contribution in [-0.4, -0.2) is 30.3 Å². The number of benzene rings is 1. The van der Waals surface area contributed by atoms with Gasteiger partial charge in [-0.3, -0.25) is 4.79 Å². The number of hydrogen-bond acceptors (Lipinski definition) is 4. The van der Waals surface area contributed by atoms with Crippen molar-refractivity contribution in [2.24, 2.45) is 0 Å². The van der Waals surface area contributed by atoms with E-state index in [1.807, 2.05) is 0 Å². The Hall–Kier alpha value is -2.19. The molecule has 1 aliphatic heterocycles. The van der Waals surface area contributed by atoms with Crippen LogP contribution in [0.15, 0.2) is 52.1 Å². The Bertz CT molecular complexity index is 1250. The third kappa shape index (κ3) is 2.48. The van der Waals surface area contributed by atoms with Gasteiger partial charge in [-0.2, -0.15) is 0 Å². The molecule has 1 spiro atoms. The molecule has 0 radical (unpaired) electrons. The molecular weight excluding hydrogens is 454 g/mol. The maximum Gasteiger partial charge on any atom is 0.269 e. The number of carbonyl (C=O) groups excluding carboxylic acids is 1. The van der Waals surface area contributed by atoms with E-state index in [-0.39, 0.29) is 10.8 Å². The standard InChI is InChI=1S/C21H20BrN3O3S/c1-24-16-12-23-19-17(18(16)21(20(24)26)10-6-3-7-11-21)15(22)13-25(19)29(27,28)14-8-4-2-5-9-14/h2,4-5,8-9,12-13H,3,6-7,10-11H2,1H3. The number of pyridine rings is 1. The van der Waals surface area contributed by atoms with Gasteiger partial charge in [-0.15, -0.1) is 0 Å². The van der Waals surface area contributed by atoms with E-state index in [0.717, 1.165) is 48.7 Å². The van der Waals surface area contributed by atoms with E-state index in [9.17, 15) is 13.2 Å². The molecule has 2 aliphatic rings. The summed E-state index contributed by atoms with van der Waals surface area (Å²) >= 11 is 3.57. The van der Waals surface area contributed by atoms with Crippen LogP contribution in [-0.2, 0) is 20.2 Å². The van der Waals surface area contributed by atoms with Crippen molar-refractivity contribution in [2.45, 2.75) is 42.4 Å². The Kier molecular flexibility index (Phi) is 4.15. The molecule has 2 aromatic heterocycles. The van der Waals surface area contributed by atoms with Crippen LogP contribution >= 0.6 is 15.9 Å². The van der Waals surface area contributed by atoms with Crippen molar-refractivity contribution >= 4 is 48.6 Å². The number of halogens is 1. The van der Waals surface area contributed by atoms with E-state index in [1.54, 1.807) is 54.7 Å². The quantitative estimate of drug-likeness (QED) is 0.558. The van der Waals surface area contributed by atoms with Crippen LogP contribution in [0.2, 0.25) is 0 Å². The predicted molar refractivity (Wildman–Crippen MR) is 115 cm³/mol. The number of rotatable bonds is 2. The first-order chi connectivity index (χ1) is 13.9. The normalized spacial score (nSPS) is 18.6. The van der Waals surface area contributed by atoms with E-state index >= 15 is 0 Å². The second-order valence-electron chi connectivity index (χ2n) is 7.81. The largest absolute Gasteiger partial charge is 0.313 e. The molecule has 1 aromatic carbocycles.